The molecule has 0 bridgehead atoms. The van der Waals surface area contributed by atoms with E-state index in [-0.39, 0.29) is 34.8 Å². The van der Waals surface area contributed by atoms with Gasteiger partial charge in [0.2, 0.25) is 35.7 Å². The van der Waals surface area contributed by atoms with Gasteiger partial charge in [-0.05, 0) is 154 Å². The van der Waals surface area contributed by atoms with Gasteiger partial charge in [0.05, 0.1) is 60.7 Å². The van der Waals surface area contributed by atoms with E-state index in [2.05, 4.69) is 156 Å². The van der Waals surface area contributed by atoms with E-state index in [0.717, 1.165) is 98.7 Å². The molecule has 0 aliphatic rings. The molecular formula is C100H82Br2F3N25O6. The number of aryl methyl sites for hydroxylation is 1. The number of methoxy groups -OCH3 is 2. The molecule has 36 heteroatoms. The minimum absolute atomic E-state index is 0.00333. The van der Waals surface area contributed by atoms with Crippen molar-refractivity contribution in [3.05, 3.63) is 427 Å². The van der Waals surface area contributed by atoms with Crippen molar-refractivity contribution in [2.75, 3.05) is 60.3 Å². The number of rotatable bonds is 26. The lowest BCUT2D eigenvalue weighted by molar-refractivity contribution is -0.384. The van der Waals surface area contributed by atoms with Crippen LogP contribution in [0.5, 0.6) is 11.5 Å². The maximum absolute atomic E-state index is 12.8. The van der Waals surface area contributed by atoms with Crippen molar-refractivity contribution < 1.29 is 32.5 Å². The fourth-order valence-electron chi connectivity index (χ4n) is 11.6. The maximum Gasteiger partial charge on any atom is 0.277 e. The largest absolute Gasteiger partial charge is 0.497 e. The third-order valence-electron chi connectivity index (χ3n) is 18.7. The first-order chi connectivity index (χ1) is 66.2. The van der Waals surface area contributed by atoms with Crippen molar-refractivity contribution in [3.63, 3.8) is 0 Å². The minimum atomic E-state index is -0.454. The molecule has 0 unspecified atom stereocenters. The number of nitro benzene ring substituents is 2. The highest BCUT2D eigenvalue weighted by Crippen LogP contribution is 2.31. The second-order valence-corrected chi connectivity index (χ2v) is 30.4. The molecule has 17 aromatic rings. The van der Waals surface area contributed by atoms with Crippen LogP contribution in [-0.4, -0.2) is 129 Å². The fraction of sp³-hybridized carbons (Fsp3) is 0.0500. The quantitative estimate of drug-likeness (QED) is 0.0191. The highest BCUT2D eigenvalue weighted by molar-refractivity contribution is 9.10. The average Bonchev–Trinajstić information content (AvgIpc) is 0.828. The number of para-hydroxylation sites is 1. The first-order valence-electron chi connectivity index (χ1n) is 40.9. The summed E-state index contributed by atoms with van der Waals surface area (Å²) in [4.78, 5) is 73.4. The summed E-state index contributed by atoms with van der Waals surface area (Å²) in [5.74, 6) is 3.28. The summed E-state index contributed by atoms with van der Waals surface area (Å²) >= 11 is 6.77. The summed E-state index contributed by atoms with van der Waals surface area (Å²) in [5, 5.41) is 42.1. The molecule has 0 fully saturated rings. The van der Waals surface area contributed by atoms with Crippen LogP contribution in [0.25, 0.3) is 66.8 Å². The molecule has 6 heterocycles. The van der Waals surface area contributed by atoms with Crippen molar-refractivity contribution in [3.8, 4) is 78.3 Å². The van der Waals surface area contributed by atoms with Gasteiger partial charge in [-0.15, -0.1) is 0 Å². The fourth-order valence-corrected chi connectivity index (χ4v) is 12.1. The molecule has 0 radical (unpaired) electrons. The van der Waals surface area contributed by atoms with Crippen LogP contribution < -0.4 is 41.5 Å². The van der Waals surface area contributed by atoms with Crippen molar-refractivity contribution in [2.45, 2.75) is 6.92 Å². The Balaban J connectivity index is 0.000000147. The van der Waals surface area contributed by atoms with Crippen molar-refractivity contribution in [2.24, 2.45) is 25.5 Å². The molecule has 5 N–H and O–H groups in total. The molecule has 0 aliphatic heterocycles. The zero-order chi connectivity index (χ0) is 95.6. The van der Waals surface area contributed by atoms with Crippen molar-refractivity contribution >= 4 is 110 Å². The lowest BCUT2D eigenvalue weighted by Crippen LogP contribution is -2.12. The number of hydrogen-bond donors (Lipinski definition) is 5. The van der Waals surface area contributed by atoms with Crippen LogP contribution in [0.4, 0.5) is 60.2 Å². The molecule has 136 heavy (non-hydrogen) atoms. The van der Waals surface area contributed by atoms with Crippen LogP contribution in [0.15, 0.2) is 382 Å². The molecule has 17 rings (SSSR count). The molecule has 31 nitrogen and oxygen atoms in total. The normalized spacial score (nSPS) is 10.7. The van der Waals surface area contributed by atoms with Gasteiger partial charge >= 0.3 is 0 Å². The van der Waals surface area contributed by atoms with E-state index < -0.39 is 9.85 Å². The monoisotopic (exact) mass is 1940 g/mol. The van der Waals surface area contributed by atoms with Gasteiger partial charge in [0.25, 0.3) is 11.4 Å². The molecule has 6 aromatic heterocycles. The van der Waals surface area contributed by atoms with Crippen LogP contribution in [0.3, 0.4) is 0 Å². The highest BCUT2D eigenvalue weighted by atomic mass is 79.9. The summed E-state index contributed by atoms with van der Waals surface area (Å²) < 4.78 is 50.7. The van der Waals surface area contributed by atoms with Gasteiger partial charge in [0.15, 0.2) is 0 Å². The highest BCUT2D eigenvalue weighted by Gasteiger charge is 2.16. The van der Waals surface area contributed by atoms with E-state index in [1.807, 2.05) is 178 Å². The Labute approximate surface area is 795 Å². The van der Waals surface area contributed by atoms with Crippen molar-refractivity contribution in [1.82, 2.24) is 59.8 Å². The number of anilines is 6. The van der Waals surface area contributed by atoms with E-state index in [1.54, 1.807) is 155 Å². The van der Waals surface area contributed by atoms with Gasteiger partial charge in [0, 0.05) is 149 Å². The number of benzene rings is 11. The minimum Gasteiger partial charge on any atom is -0.497 e. The summed E-state index contributed by atoms with van der Waals surface area (Å²) in [6.45, 7) is 2.05. The Hall–Kier alpha value is -17.8. The predicted octanol–water partition coefficient (Wildman–Crippen LogP) is 22.2. The van der Waals surface area contributed by atoms with Crippen LogP contribution in [-0.2, 0) is 0 Å². The maximum atomic E-state index is 12.8. The van der Waals surface area contributed by atoms with Crippen LogP contribution in [0.1, 0.15) is 33.4 Å². The van der Waals surface area contributed by atoms with E-state index in [1.165, 1.54) is 78.8 Å². The molecule has 678 valence electrons. The number of aromatic nitrogens is 12. The van der Waals surface area contributed by atoms with Gasteiger partial charge in [-0.25, -0.2) is 100 Å². The Morgan fingerprint density at radius 3 is 0.912 bits per heavy atom. The average molecular weight is 1950 g/mol. The molecule has 0 saturated carbocycles. The number of nitrogens with one attached hydrogen (secondary N) is 5. The molecule has 0 amide bonds. The third kappa shape index (κ3) is 31.5. The number of halogens is 5. The molecule has 11 aromatic carbocycles. The summed E-state index contributed by atoms with van der Waals surface area (Å²) in [6.07, 6.45) is 28.3. The Morgan fingerprint density at radius 1 is 0.316 bits per heavy atom. The number of nitrogens with zero attached hydrogens (tertiary/aromatic N) is 20. The van der Waals surface area contributed by atoms with Crippen LogP contribution in [0, 0.1) is 44.6 Å². The standard InChI is InChI=1S/C18H15BrN4O.C18H15FN4O.C18H15FN4.C17H12BrN5O2.C17H12FN5O2.C12H13N3/c2*1-24-17-8-4-14(5-9-17)15-11-20-18(21-12-15)23-22-10-13-2-6-16(19)7-3-13;1-13-2-6-15(7-3-13)16-11-20-18(21-12-16)23-22-10-14-4-8-17(19)9-5-14;18-14-7-5-12(6-8-14)9-21-22-17-19-10-13(11-20-17)15-3-1-2-4-16(15)23(24)25;18-15-6-4-12(5-7-15)9-21-22-17-19-10-14(11-20-17)13-2-1-3-16(8-13)23(24)25;1-15(2)12-13-8-11(9-14-12)10-6-4-3-5-7-10/h2*2-12H,1H3,(H,20,21,23);2-12H,1H3,(H,20,21,23);2*1-11H,(H,19,20,22);3-9H,1-2H3/b3*22-10+;2*21-9+;. The smallest absolute Gasteiger partial charge is 0.277 e. The van der Waals surface area contributed by atoms with E-state index in [0.29, 0.717) is 46.0 Å². The molecule has 0 saturated heterocycles. The Kier molecular flexibility index (Phi) is 36.5. The zero-order valence-electron chi connectivity index (χ0n) is 73.1. The number of non-ortho nitro benzene ring substituents is 1. The van der Waals surface area contributed by atoms with Crippen molar-refractivity contribution in [1.29, 1.82) is 0 Å². The second-order valence-electron chi connectivity index (χ2n) is 28.5. The van der Waals surface area contributed by atoms with Gasteiger partial charge in [-0.1, -0.05) is 201 Å². The van der Waals surface area contributed by atoms with Gasteiger partial charge in [0.1, 0.15) is 29.0 Å². The van der Waals surface area contributed by atoms with E-state index >= 15 is 0 Å². The zero-order valence-corrected chi connectivity index (χ0v) is 76.3. The van der Waals surface area contributed by atoms with Crippen LogP contribution >= 0.6 is 31.9 Å². The number of nitro groups is 2. The lowest BCUT2D eigenvalue weighted by Gasteiger charge is -2.09. The first kappa shape index (κ1) is 97.3. The van der Waals surface area contributed by atoms with Gasteiger partial charge in [-0.2, -0.15) is 25.5 Å². The Morgan fingerprint density at radius 2 is 0.596 bits per heavy atom. The topological polar surface area (TPSA) is 385 Å². The Bertz CT molecular complexity index is 6650. The number of ether oxygens (including phenoxy) is 2. The number of hydrazone groups is 5. The van der Waals surface area contributed by atoms with Gasteiger partial charge in [-0.3, -0.25) is 20.2 Å². The lowest BCUT2D eigenvalue weighted by atomic mass is 10.1. The second kappa shape index (κ2) is 51.0. The number of hydrogen-bond acceptors (Lipinski definition) is 29. The molecular weight excluding hydrogens is 1860 g/mol. The molecule has 0 atom stereocenters. The first-order valence-corrected chi connectivity index (χ1v) is 42.5. The summed E-state index contributed by atoms with van der Waals surface area (Å²) in [7, 11) is 7.13. The molecule has 0 aliphatic carbocycles. The predicted molar refractivity (Wildman–Crippen MR) is 534 cm³/mol. The summed E-state index contributed by atoms with van der Waals surface area (Å²) in [6, 6.07) is 79.8. The summed E-state index contributed by atoms with van der Waals surface area (Å²) in [5.41, 5.74) is 29.5. The van der Waals surface area contributed by atoms with Crippen LogP contribution in [0.2, 0.25) is 0 Å². The third-order valence-corrected chi connectivity index (χ3v) is 19.7. The molecule has 0 spiro atoms. The van der Waals surface area contributed by atoms with Gasteiger partial charge < -0.3 is 14.4 Å². The van der Waals surface area contributed by atoms with E-state index in [4.69, 9.17) is 9.47 Å². The van der Waals surface area contributed by atoms with E-state index in [9.17, 15) is 33.4 Å². The SMILES string of the molecule is CN(C)c1ncc(-c2ccccc2)cn1.COc1ccc(-c2cnc(N/N=C/c3ccc(Br)cc3)nc2)cc1.COc1ccc(-c2cnc(N/N=C/c3ccc(F)cc3)nc2)cc1.Cc1ccc(-c2cnc(N/N=C/c3ccc(F)cc3)nc2)cc1.O=[N+]([O-])c1cccc(-c2cnc(N/N=C/c3ccc(F)cc3)nc2)c1.O=[N+]([O-])c1ccccc1-c1cnc(N/N=C/c2ccc(Br)cc2)nc1.